The number of hydrogen-bond donors (Lipinski definition) is 1. The van der Waals surface area contributed by atoms with Gasteiger partial charge in [-0.1, -0.05) is 6.07 Å². The van der Waals surface area contributed by atoms with E-state index in [1.165, 1.54) is 0 Å². The van der Waals surface area contributed by atoms with Crippen LogP contribution in [0.2, 0.25) is 0 Å². The Morgan fingerprint density at radius 2 is 1.77 bits per heavy atom. The predicted molar refractivity (Wildman–Crippen MR) is 114 cm³/mol. The van der Waals surface area contributed by atoms with Crippen LogP contribution in [0.1, 0.15) is 24.5 Å². The number of esters is 1. The standard InChI is InChI=1S/C23H26N2O5/c1-4-29-20-7-5-18(6-8-20)24-21(26)14-30-23(28)17-12-22(27)25(13-17)19-10-15(2)9-16(3)11-19/h5-11,17H,4,12-14H2,1-3H3,(H,24,26). The summed E-state index contributed by atoms with van der Waals surface area (Å²) in [7, 11) is 0. The molecule has 1 atom stereocenters. The highest BCUT2D eigenvalue weighted by atomic mass is 16.5. The molecule has 1 heterocycles. The number of carbonyl (C=O) groups excluding carboxylic acids is 3. The van der Waals surface area contributed by atoms with Gasteiger partial charge in [0.2, 0.25) is 5.91 Å². The van der Waals surface area contributed by atoms with Crippen molar-refractivity contribution in [2.24, 2.45) is 5.92 Å². The summed E-state index contributed by atoms with van der Waals surface area (Å²) < 4.78 is 10.5. The summed E-state index contributed by atoms with van der Waals surface area (Å²) in [6.45, 7) is 6.23. The summed E-state index contributed by atoms with van der Waals surface area (Å²) in [6, 6.07) is 12.8. The maximum Gasteiger partial charge on any atom is 0.311 e. The van der Waals surface area contributed by atoms with Crippen LogP contribution in [0.4, 0.5) is 11.4 Å². The highest BCUT2D eigenvalue weighted by molar-refractivity contribution is 6.00. The van der Waals surface area contributed by atoms with Crippen LogP contribution in [0.3, 0.4) is 0 Å². The lowest BCUT2D eigenvalue weighted by Gasteiger charge is -2.18. The van der Waals surface area contributed by atoms with E-state index in [4.69, 9.17) is 9.47 Å². The molecule has 0 spiro atoms. The molecular formula is C23H26N2O5. The minimum absolute atomic E-state index is 0.0757. The number of hydrogen-bond acceptors (Lipinski definition) is 5. The van der Waals surface area contributed by atoms with Crippen LogP contribution in [0.25, 0.3) is 0 Å². The maximum absolute atomic E-state index is 12.4. The number of nitrogens with one attached hydrogen (secondary N) is 1. The van der Waals surface area contributed by atoms with Crippen molar-refractivity contribution in [3.05, 3.63) is 53.6 Å². The fourth-order valence-electron chi connectivity index (χ4n) is 3.47. The van der Waals surface area contributed by atoms with Crippen molar-refractivity contribution in [1.82, 2.24) is 0 Å². The molecule has 30 heavy (non-hydrogen) atoms. The summed E-state index contributed by atoms with van der Waals surface area (Å²) in [5, 5.41) is 2.66. The van der Waals surface area contributed by atoms with Crippen molar-refractivity contribution < 1.29 is 23.9 Å². The number of anilines is 2. The Bertz CT molecular complexity index is 919. The van der Waals surface area contributed by atoms with E-state index in [0.29, 0.717) is 18.0 Å². The zero-order valence-electron chi connectivity index (χ0n) is 17.4. The average Bonchev–Trinajstić information content (AvgIpc) is 3.09. The second-order valence-electron chi connectivity index (χ2n) is 7.36. The molecule has 158 valence electrons. The van der Waals surface area contributed by atoms with Crippen molar-refractivity contribution >= 4 is 29.2 Å². The average molecular weight is 410 g/mol. The number of amides is 2. The lowest BCUT2D eigenvalue weighted by atomic mass is 10.1. The molecule has 1 fully saturated rings. The Morgan fingerprint density at radius 1 is 1.10 bits per heavy atom. The van der Waals surface area contributed by atoms with E-state index in [0.717, 1.165) is 16.8 Å². The first-order valence-corrected chi connectivity index (χ1v) is 9.93. The molecule has 0 bridgehead atoms. The molecular weight excluding hydrogens is 384 g/mol. The Hall–Kier alpha value is -3.35. The van der Waals surface area contributed by atoms with Gasteiger partial charge in [0.15, 0.2) is 6.61 Å². The highest BCUT2D eigenvalue weighted by Gasteiger charge is 2.36. The molecule has 0 aromatic heterocycles. The van der Waals surface area contributed by atoms with Crippen molar-refractivity contribution in [3.8, 4) is 5.75 Å². The van der Waals surface area contributed by atoms with Crippen molar-refractivity contribution in [1.29, 1.82) is 0 Å². The lowest BCUT2D eigenvalue weighted by molar-refractivity contribution is -0.151. The second kappa shape index (κ2) is 9.43. The van der Waals surface area contributed by atoms with Gasteiger partial charge >= 0.3 is 5.97 Å². The molecule has 1 saturated heterocycles. The van der Waals surface area contributed by atoms with Crippen molar-refractivity contribution in [2.75, 3.05) is 30.0 Å². The Labute approximate surface area is 176 Å². The Balaban J connectivity index is 1.51. The molecule has 1 N–H and O–H groups in total. The second-order valence-corrected chi connectivity index (χ2v) is 7.36. The Kier molecular flexibility index (Phi) is 6.72. The summed E-state index contributed by atoms with van der Waals surface area (Å²) in [6.07, 6.45) is 0.0757. The normalized spacial score (nSPS) is 15.8. The molecule has 2 aromatic carbocycles. The van der Waals surface area contributed by atoms with E-state index >= 15 is 0 Å². The summed E-state index contributed by atoms with van der Waals surface area (Å²) in [5.41, 5.74) is 3.46. The van der Waals surface area contributed by atoms with Gasteiger partial charge in [0.1, 0.15) is 5.75 Å². The van der Waals surface area contributed by atoms with Crippen LogP contribution in [0.15, 0.2) is 42.5 Å². The zero-order chi connectivity index (χ0) is 21.7. The topological polar surface area (TPSA) is 84.9 Å². The quantitative estimate of drug-likeness (QED) is 0.709. The van der Waals surface area contributed by atoms with Crippen molar-refractivity contribution in [3.63, 3.8) is 0 Å². The van der Waals surface area contributed by atoms with Gasteiger partial charge in [-0.3, -0.25) is 14.4 Å². The molecule has 2 aromatic rings. The largest absolute Gasteiger partial charge is 0.494 e. The van der Waals surface area contributed by atoms with E-state index in [9.17, 15) is 14.4 Å². The number of aryl methyl sites for hydroxylation is 2. The molecule has 1 unspecified atom stereocenters. The minimum atomic E-state index is -0.586. The van der Waals surface area contributed by atoms with Crippen LogP contribution in [0.5, 0.6) is 5.75 Å². The number of benzene rings is 2. The highest BCUT2D eigenvalue weighted by Crippen LogP contribution is 2.27. The van der Waals surface area contributed by atoms with Crippen molar-refractivity contribution in [2.45, 2.75) is 27.2 Å². The van der Waals surface area contributed by atoms with E-state index in [1.54, 1.807) is 29.2 Å². The van der Waals surface area contributed by atoms with Gasteiger partial charge in [0.05, 0.1) is 12.5 Å². The number of ether oxygens (including phenoxy) is 2. The van der Waals surface area contributed by atoms with Gasteiger partial charge in [-0.25, -0.2) is 0 Å². The number of nitrogens with zero attached hydrogens (tertiary/aromatic N) is 1. The third-order valence-electron chi connectivity index (χ3n) is 4.77. The molecule has 3 rings (SSSR count). The number of carbonyl (C=O) groups is 3. The Morgan fingerprint density at radius 3 is 2.40 bits per heavy atom. The monoisotopic (exact) mass is 410 g/mol. The van der Waals surface area contributed by atoms with Gasteiger partial charge in [0, 0.05) is 24.3 Å². The number of rotatable bonds is 7. The third-order valence-corrected chi connectivity index (χ3v) is 4.77. The molecule has 7 nitrogen and oxygen atoms in total. The molecule has 2 amide bonds. The summed E-state index contributed by atoms with van der Waals surface area (Å²) >= 11 is 0. The first-order valence-electron chi connectivity index (χ1n) is 9.93. The lowest BCUT2D eigenvalue weighted by Crippen LogP contribution is -2.28. The van der Waals surface area contributed by atoms with Gasteiger partial charge in [-0.15, -0.1) is 0 Å². The van der Waals surface area contributed by atoms with Crippen LogP contribution in [0, 0.1) is 19.8 Å². The van der Waals surface area contributed by atoms with E-state index in [2.05, 4.69) is 5.32 Å². The molecule has 0 radical (unpaired) electrons. The minimum Gasteiger partial charge on any atom is -0.494 e. The molecule has 1 aliphatic heterocycles. The predicted octanol–water partition coefficient (Wildman–Crippen LogP) is 3.24. The fraction of sp³-hybridized carbons (Fsp3) is 0.348. The SMILES string of the molecule is CCOc1ccc(NC(=O)COC(=O)C2CC(=O)N(c3cc(C)cc(C)c3)C2)cc1. The van der Waals surface area contributed by atoms with E-state index in [-0.39, 0.29) is 18.9 Å². The summed E-state index contributed by atoms with van der Waals surface area (Å²) in [5.74, 6) is -0.987. The molecule has 7 heteroatoms. The van der Waals surface area contributed by atoms with Crippen LogP contribution < -0.4 is 15.0 Å². The summed E-state index contributed by atoms with van der Waals surface area (Å²) in [4.78, 5) is 38.4. The van der Waals surface area contributed by atoms with Crippen LogP contribution in [-0.2, 0) is 19.1 Å². The third kappa shape index (κ3) is 5.37. The van der Waals surface area contributed by atoms with Gasteiger partial charge in [-0.2, -0.15) is 0 Å². The van der Waals surface area contributed by atoms with Crippen LogP contribution in [-0.4, -0.2) is 37.5 Å². The van der Waals surface area contributed by atoms with Gasteiger partial charge in [-0.05, 0) is 68.3 Å². The van der Waals surface area contributed by atoms with Gasteiger partial charge < -0.3 is 19.7 Å². The molecule has 0 aliphatic carbocycles. The molecule has 0 saturated carbocycles. The smallest absolute Gasteiger partial charge is 0.311 e. The molecule has 1 aliphatic rings. The van der Waals surface area contributed by atoms with Crippen LogP contribution >= 0.6 is 0 Å². The van der Waals surface area contributed by atoms with Gasteiger partial charge in [0.25, 0.3) is 5.91 Å². The first kappa shape index (κ1) is 21.4. The first-order chi connectivity index (χ1) is 14.4. The fourth-order valence-corrected chi connectivity index (χ4v) is 3.47. The zero-order valence-corrected chi connectivity index (χ0v) is 17.4. The maximum atomic E-state index is 12.4. The van der Waals surface area contributed by atoms with E-state index < -0.39 is 24.4 Å². The van der Waals surface area contributed by atoms with E-state index in [1.807, 2.05) is 39.0 Å².